The molecule has 2 heterocycles. The first-order chi connectivity index (χ1) is 10.5. The molecule has 0 radical (unpaired) electrons. The molecule has 1 aromatic heterocycles. The van der Waals surface area contributed by atoms with Gasteiger partial charge < -0.3 is 5.11 Å². The van der Waals surface area contributed by atoms with Gasteiger partial charge in [-0.3, -0.25) is 4.57 Å². The number of carboxylic acids is 1. The van der Waals surface area contributed by atoms with Crippen molar-refractivity contribution in [2.45, 2.75) is 31.8 Å². The van der Waals surface area contributed by atoms with Crippen molar-refractivity contribution in [2.24, 2.45) is 0 Å². The molecule has 1 atom stereocenters. The minimum absolute atomic E-state index is 0.0393. The quantitative estimate of drug-likeness (QED) is 0.928. The molecule has 22 heavy (non-hydrogen) atoms. The van der Waals surface area contributed by atoms with Crippen molar-refractivity contribution in [3.8, 4) is 0 Å². The summed E-state index contributed by atoms with van der Waals surface area (Å²) in [5.74, 6) is -2.63. The molecule has 8 heteroatoms. The molecule has 1 aromatic carbocycles. The van der Waals surface area contributed by atoms with E-state index in [0.29, 0.717) is 30.7 Å². The molecule has 1 aliphatic heterocycles. The molecular weight excluding hydrogens is 296 g/mol. The zero-order chi connectivity index (χ0) is 15.9. The lowest BCUT2D eigenvalue weighted by atomic mass is 10.1. The fourth-order valence-electron chi connectivity index (χ4n) is 2.68. The van der Waals surface area contributed by atoms with E-state index >= 15 is 0 Å². The van der Waals surface area contributed by atoms with Crippen LogP contribution in [0.5, 0.6) is 0 Å². The number of hydrogen-bond donors (Lipinski definition) is 1. The van der Waals surface area contributed by atoms with Crippen LogP contribution in [0, 0.1) is 11.6 Å². The summed E-state index contributed by atoms with van der Waals surface area (Å²) in [5.41, 5.74) is -0.171. The molecule has 0 saturated carbocycles. The largest absolute Gasteiger partial charge is 0.480 e. The summed E-state index contributed by atoms with van der Waals surface area (Å²) in [6.07, 6.45) is 1.53. The molecule has 0 amide bonds. The smallest absolute Gasteiger partial charge is 0.347 e. The predicted molar refractivity (Wildman–Crippen MR) is 71.6 cm³/mol. The van der Waals surface area contributed by atoms with Crippen LogP contribution >= 0.6 is 0 Å². The first-order valence-corrected chi connectivity index (χ1v) is 6.82. The minimum Gasteiger partial charge on any atom is -0.480 e. The minimum atomic E-state index is -1.07. The van der Waals surface area contributed by atoms with Crippen molar-refractivity contribution in [2.75, 3.05) is 0 Å². The topological polar surface area (TPSA) is 77.1 Å². The lowest BCUT2D eigenvalue weighted by molar-refractivity contribution is -0.141. The second-order valence-corrected chi connectivity index (χ2v) is 5.22. The molecule has 1 N–H and O–H groups in total. The molecule has 6 nitrogen and oxygen atoms in total. The second kappa shape index (κ2) is 5.36. The van der Waals surface area contributed by atoms with Gasteiger partial charge in [-0.05, 0) is 30.5 Å². The Bertz CT molecular complexity index is 797. The lowest BCUT2D eigenvalue weighted by Gasteiger charge is -2.19. The molecule has 0 aliphatic carbocycles. The molecule has 1 aliphatic rings. The molecular formula is C14H13F2N3O3. The van der Waals surface area contributed by atoms with Crippen LogP contribution in [0.4, 0.5) is 8.78 Å². The van der Waals surface area contributed by atoms with E-state index < -0.39 is 29.3 Å². The van der Waals surface area contributed by atoms with E-state index in [1.54, 1.807) is 0 Å². The third-order valence-electron chi connectivity index (χ3n) is 3.73. The Morgan fingerprint density at radius 1 is 1.36 bits per heavy atom. The maximum atomic E-state index is 13.2. The third-order valence-corrected chi connectivity index (χ3v) is 3.73. The Morgan fingerprint density at radius 2 is 2.14 bits per heavy atom. The molecule has 116 valence electrons. The molecule has 2 aromatic rings. The number of aryl methyl sites for hydroxylation is 1. The van der Waals surface area contributed by atoms with E-state index in [4.69, 9.17) is 0 Å². The monoisotopic (exact) mass is 309 g/mol. The summed E-state index contributed by atoms with van der Waals surface area (Å²) in [4.78, 5) is 23.5. The number of hydrogen-bond acceptors (Lipinski definition) is 3. The van der Waals surface area contributed by atoms with Crippen LogP contribution in [0.3, 0.4) is 0 Å². The van der Waals surface area contributed by atoms with Gasteiger partial charge in [0, 0.05) is 6.42 Å². The summed E-state index contributed by atoms with van der Waals surface area (Å²) in [6, 6.07) is 2.41. The van der Waals surface area contributed by atoms with Gasteiger partial charge in [0.05, 0.1) is 6.54 Å². The molecule has 0 bridgehead atoms. The van der Waals surface area contributed by atoms with E-state index in [1.807, 2.05) is 0 Å². The van der Waals surface area contributed by atoms with E-state index in [0.717, 1.165) is 16.8 Å². The number of aromatic nitrogens is 3. The second-order valence-electron chi connectivity index (χ2n) is 5.22. The standard InChI is InChI=1S/C14H13F2N3O3/c15-9-5-4-8(6-10(9)16)7-18-14(22)19-11(13(20)21)2-1-3-12(19)17-18/h4-6,11H,1-3,7H2,(H,20,21). The first kappa shape index (κ1) is 14.4. The van der Waals surface area contributed by atoms with E-state index in [9.17, 15) is 23.5 Å². The van der Waals surface area contributed by atoms with Crippen LogP contribution in [0.25, 0.3) is 0 Å². The van der Waals surface area contributed by atoms with Crippen LogP contribution in [0.15, 0.2) is 23.0 Å². The Labute approximate surface area is 123 Å². The van der Waals surface area contributed by atoms with Crippen LogP contribution in [-0.4, -0.2) is 25.4 Å². The number of nitrogens with zero attached hydrogens (tertiary/aromatic N) is 3. The van der Waals surface area contributed by atoms with Gasteiger partial charge in [0.25, 0.3) is 0 Å². The van der Waals surface area contributed by atoms with Gasteiger partial charge in [-0.15, -0.1) is 0 Å². The zero-order valence-electron chi connectivity index (χ0n) is 11.5. The van der Waals surface area contributed by atoms with Crippen molar-refractivity contribution in [1.82, 2.24) is 14.3 Å². The van der Waals surface area contributed by atoms with Gasteiger partial charge in [-0.25, -0.2) is 23.1 Å². The Kier molecular flexibility index (Phi) is 3.51. The SMILES string of the molecule is O=C(O)C1CCCc2nn(Cc3ccc(F)c(F)c3)c(=O)n21. The maximum absolute atomic E-state index is 13.2. The average Bonchev–Trinajstić information content (AvgIpc) is 2.79. The van der Waals surface area contributed by atoms with Gasteiger partial charge in [0.2, 0.25) is 0 Å². The summed E-state index contributed by atoms with van der Waals surface area (Å²) < 4.78 is 28.4. The van der Waals surface area contributed by atoms with Crippen molar-refractivity contribution in [1.29, 1.82) is 0 Å². The van der Waals surface area contributed by atoms with E-state index in [-0.39, 0.29) is 6.54 Å². The normalized spacial score (nSPS) is 17.3. The predicted octanol–water partition coefficient (Wildman–Crippen LogP) is 1.33. The van der Waals surface area contributed by atoms with Crippen molar-refractivity contribution < 1.29 is 18.7 Å². The number of rotatable bonds is 3. The highest BCUT2D eigenvalue weighted by molar-refractivity contribution is 5.72. The van der Waals surface area contributed by atoms with Gasteiger partial charge >= 0.3 is 11.7 Å². The summed E-state index contributed by atoms with van der Waals surface area (Å²) in [6.45, 7) is -0.0393. The summed E-state index contributed by atoms with van der Waals surface area (Å²) >= 11 is 0. The molecule has 0 fully saturated rings. The van der Waals surface area contributed by atoms with Crippen molar-refractivity contribution in [3.05, 3.63) is 51.7 Å². The van der Waals surface area contributed by atoms with Crippen LogP contribution in [-0.2, 0) is 17.8 Å². The Balaban J connectivity index is 1.97. The number of carboxylic acid groups (broad SMARTS) is 1. The zero-order valence-corrected chi connectivity index (χ0v) is 11.5. The average molecular weight is 309 g/mol. The highest BCUT2D eigenvalue weighted by Gasteiger charge is 2.30. The number of carbonyl (C=O) groups is 1. The van der Waals surface area contributed by atoms with E-state index in [1.165, 1.54) is 10.6 Å². The van der Waals surface area contributed by atoms with Crippen LogP contribution < -0.4 is 5.69 Å². The maximum Gasteiger partial charge on any atom is 0.347 e. The van der Waals surface area contributed by atoms with Crippen molar-refractivity contribution in [3.63, 3.8) is 0 Å². The molecule has 0 saturated heterocycles. The van der Waals surface area contributed by atoms with Crippen molar-refractivity contribution >= 4 is 5.97 Å². The van der Waals surface area contributed by atoms with Gasteiger partial charge in [-0.2, -0.15) is 5.10 Å². The number of halogens is 2. The Morgan fingerprint density at radius 3 is 2.82 bits per heavy atom. The molecule has 1 unspecified atom stereocenters. The first-order valence-electron chi connectivity index (χ1n) is 6.82. The van der Waals surface area contributed by atoms with Gasteiger partial charge in [0.15, 0.2) is 11.6 Å². The number of fused-ring (bicyclic) bond motifs is 1. The fourth-order valence-corrected chi connectivity index (χ4v) is 2.68. The summed E-state index contributed by atoms with van der Waals surface area (Å²) in [5, 5.41) is 13.3. The van der Waals surface area contributed by atoms with E-state index in [2.05, 4.69) is 5.10 Å². The van der Waals surface area contributed by atoms with Crippen LogP contribution in [0.1, 0.15) is 30.3 Å². The molecule has 3 rings (SSSR count). The van der Waals surface area contributed by atoms with Crippen LogP contribution in [0.2, 0.25) is 0 Å². The number of benzene rings is 1. The van der Waals surface area contributed by atoms with Gasteiger partial charge in [0.1, 0.15) is 11.9 Å². The number of aliphatic carboxylic acids is 1. The lowest BCUT2D eigenvalue weighted by Crippen LogP contribution is -2.34. The van der Waals surface area contributed by atoms with Gasteiger partial charge in [-0.1, -0.05) is 6.07 Å². The Hall–Kier alpha value is -2.51. The third kappa shape index (κ3) is 2.40. The summed E-state index contributed by atoms with van der Waals surface area (Å²) in [7, 11) is 0. The fraction of sp³-hybridized carbons (Fsp3) is 0.357. The molecule has 0 spiro atoms. The highest BCUT2D eigenvalue weighted by Crippen LogP contribution is 2.22. The highest BCUT2D eigenvalue weighted by atomic mass is 19.2.